The lowest BCUT2D eigenvalue weighted by molar-refractivity contribution is 0.204. The number of nitrogens with zero attached hydrogens (tertiary/aromatic N) is 5. The Morgan fingerprint density at radius 1 is 1.30 bits per heavy atom. The summed E-state index contributed by atoms with van der Waals surface area (Å²) in [6.45, 7) is 3.49. The van der Waals surface area contributed by atoms with Gasteiger partial charge in [-0.15, -0.1) is 10.2 Å². The van der Waals surface area contributed by atoms with E-state index in [1.807, 2.05) is 18.2 Å². The smallest absolute Gasteiger partial charge is 0.147 e. The standard InChI is InChI=1S/C13H15N7/c14-9-1-2-10-11(5-9)17-12(16-10)6-19-3-4-20-8-15-18-13(20)7-19/h1-2,5,8H,3-4,6-7,14H2,(H,16,17). The van der Waals surface area contributed by atoms with Crippen LogP contribution in [-0.4, -0.2) is 36.2 Å². The zero-order chi connectivity index (χ0) is 13.5. The fourth-order valence-electron chi connectivity index (χ4n) is 2.62. The Labute approximate surface area is 115 Å². The Balaban J connectivity index is 1.56. The molecule has 3 aromatic rings. The van der Waals surface area contributed by atoms with E-state index in [-0.39, 0.29) is 0 Å². The number of benzene rings is 1. The van der Waals surface area contributed by atoms with E-state index in [0.29, 0.717) is 0 Å². The highest BCUT2D eigenvalue weighted by molar-refractivity contribution is 5.78. The summed E-state index contributed by atoms with van der Waals surface area (Å²) in [5.41, 5.74) is 8.47. The molecule has 1 aromatic carbocycles. The number of rotatable bonds is 2. The fourth-order valence-corrected chi connectivity index (χ4v) is 2.62. The molecule has 4 rings (SSSR count). The van der Waals surface area contributed by atoms with Crippen LogP contribution in [-0.2, 0) is 19.6 Å². The van der Waals surface area contributed by atoms with E-state index < -0.39 is 0 Å². The molecule has 1 aliphatic heterocycles. The third-order valence-corrected chi connectivity index (χ3v) is 3.65. The molecule has 0 amide bonds. The molecule has 2 aromatic heterocycles. The summed E-state index contributed by atoms with van der Waals surface area (Å²) in [6, 6.07) is 5.73. The second-order valence-electron chi connectivity index (χ2n) is 5.11. The van der Waals surface area contributed by atoms with Crippen LogP contribution >= 0.6 is 0 Å². The van der Waals surface area contributed by atoms with Gasteiger partial charge >= 0.3 is 0 Å². The van der Waals surface area contributed by atoms with E-state index in [1.54, 1.807) is 6.33 Å². The average molecular weight is 269 g/mol. The van der Waals surface area contributed by atoms with Crippen LogP contribution in [0.15, 0.2) is 24.5 Å². The largest absolute Gasteiger partial charge is 0.399 e. The lowest BCUT2D eigenvalue weighted by Crippen LogP contribution is -2.33. The van der Waals surface area contributed by atoms with E-state index in [1.165, 1.54) is 0 Å². The number of nitrogen functional groups attached to an aromatic ring is 1. The van der Waals surface area contributed by atoms with Crippen molar-refractivity contribution in [2.24, 2.45) is 0 Å². The van der Waals surface area contributed by atoms with Crippen molar-refractivity contribution in [1.82, 2.24) is 29.6 Å². The van der Waals surface area contributed by atoms with Gasteiger partial charge in [-0.1, -0.05) is 0 Å². The highest BCUT2D eigenvalue weighted by Gasteiger charge is 2.18. The van der Waals surface area contributed by atoms with Crippen molar-refractivity contribution in [3.05, 3.63) is 36.2 Å². The van der Waals surface area contributed by atoms with Crippen LogP contribution in [0.2, 0.25) is 0 Å². The maximum Gasteiger partial charge on any atom is 0.147 e. The van der Waals surface area contributed by atoms with Crippen LogP contribution in [0.25, 0.3) is 11.0 Å². The Hall–Kier alpha value is -2.41. The monoisotopic (exact) mass is 269 g/mol. The molecule has 0 bridgehead atoms. The predicted molar refractivity (Wildman–Crippen MR) is 74.6 cm³/mol. The molecule has 0 radical (unpaired) electrons. The molecule has 0 saturated heterocycles. The number of nitrogens with two attached hydrogens (primary N) is 1. The van der Waals surface area contributed by atoms with Crippen molar-refractivity contribution in [3.63, 3.8) is 0 Å². The molecule has 0 saturated carbocycles. The number of nitrogens with one attached hydrogen (secondary N) is 1. The first-order valence-corrected chi connectivity index (χ1v) is 6.61. The fraction of sp³-hybridized carbons (Fsp3) is 0.308. The molecule has 0 spiro atoms. The third kappa shape index (κ3) is 1.92. The van der Waals surface area contributed by atoms with Crippen LogP contribution in [0.1, 0.15) is 11.6 Å². The zero-order valence-corrected chi connectivity index (χ0v) is 11.0. The number of aromatic nitrogens is 5. The van der Waals surface area contributed by atoms with Crippen molar-refractivity contribution in [1.29, 1.82) is 0 Å². The number of fused-ring (bicyclic) bond motifs is 2. The summed E-state index contributed by atoms with van der Waals surface area (Å²) < 4.78 is 2.09. The number of H-pyrrole nitrogens is 1. The lowest BCUT2D eigenvalue weighted by Gasteiger charge is -2.25. The van der Waals surface area contributed by atoms with Crippen LogP contribution in [0.5, 0.6) is 0 Å². The molecule has 0 atom stereocenters. The van der Waals surface area contributed by atoms with Gasteiger partial charge in [0.25, 0.3) is 0 Å². The molecule has 7 nitrogen and oxygen atoms in total. The molecule has 3 heterocycles. The molecular formula is C13H15N7. The summed E-state index contributed by atoms with van der Waals surface area (Å²) in [5, 5.41) is 8.07. The van der Waals surface area contributed by atoms with Gasteiger partial charge in [-0.05, 0) is 18.2 Å². The number of anilines is 1. The minimum absolute atomic E-state index is 0.749. The first-order valence-electron chi connectivity index (χ1n) is 6.61. The molecule has 0 unspecified atom stereocenters. The van der Waals surface area contributed by atoms with Crippen molar-refractivity contribution >= 4 is 16.7 Å². The second kappa shape index (κ2) is 4.31. The van der Waals surface area contributed by atoms with Gasteiger partial charge < -0.3 is 15.3 Å². The Kier molecular flexibility index (Phi) is 2.46. The van der Waals surface area contributed by atoms with Gasteiger partial charge in [-0.2, -0.15) is 0 Å². The van der Waals surface area contributed by atoms with E-state index in [9.17, 15) is 0 Å². The number of imidazole rings is 1. The summed E-state index contributed by atoms with van der Waals surface area (Å²) in [4.78, 5) is 10.2. The van der Waals surface area contributed by atoms with Gasteiger partial charge in [0, 0.05) is 18.8 Å². The number of aromatic amines is 1. The first-order chi connectivity index (χ1) is 9.78. The Morgan fingerprint density at radius 2 is 2.25 bits per heavy atom. The lowest BCUT2D eigenvalue weighted by atomic mass is 10.3. The van der Waals surface area contributed by atoms with Gasteiger partial charge in [-0.3, -0.25) is 4.90 Å². The molecule has 20 heavy (non-hydrogen) atoms. The number of hydrogen-bond acceptors (Lipinski definition) is 5. The van der Waals surface area contributed by atoms with Crippen molar-refractivity contribution in [2.75, 3.05) is 12.3 Å². The van der Waals surface area contributed by atoms with E-state index in [0.717, 1.165) is 54.5 Å². The summed E-state index contributed by atoms with van der Waals surface area (Å²) >= 11 is 0. The van der Waals surface area contributed by atoms with Crippen molar-refractivity contribution in [2.45, 2.75) is 19.6 Å². The van der Waals surface area contributed by atoms with Crippen LogP contribution in [0, 0.1) is 0 Å². The Morgan fingerprint density at radius 3 is 3.20 bits per heavy atom. The SMILES string of the molecule is Nc1ccc2nc(CN3CCn4cnnc4C3)[nH]c2c1. The quantitative estimate of drug-likeness (QED) is 0.670. The molecule has 7 heteroatoms. The molecule has 0 fully saturated rings. The Bertz CT molecular complexity index is 757. The minimum Gasteiger partial charge on any atom is -0.399 e. The summed E-state index contributed by atoms with van der Waals surface area (Å²) in [6.07, 6.45) is 1.79. The number of hydrogen-bond donors (Lipinski definition) is 2. The van der Waals surface area contributed by atoms with Crippen LogP contribution in [0.3, 0.4) is 0 Å². The minimum atomic E-state index is 0.749. The second-order valence-corrected chi connectivity index (χ2v) is 5.11. The third-order valence-electron chi connectivity index (χ3n) is 3.65. The van der Waals surface area contributed by atoms with Gasteiger partial charge in [-0.25, -0.2) is 4.98 Å². The van der Waals surface area contributed by atoms with Crippen molar-refractivity contribution in [3.8, 4) is 0 Å². The molecule has 3 N–H and O–H groups in total. The van der Waals surface area contributed by atoms with Crippen molar-refractivity contribution < 1.29 is 0 Å². The molecule has 0 aliphatic carbocycles. The van der Waals surface area contributed by atoms with Crippen LogP contribution < -0.4 is 5.73 Å². The predicted octanol–water partition coefficient (Wildman–Crippen LogP) is 0.752. The summed E-state index contributed by atoms with van der Waals surface area (Å²) in [7, 11) is 0. The van der Waals surface area contributed by atoms with E-state index in [2.05, 4.69) is 29.6 Å². The van der Waals surface area contributed by atoms with Gasteiger partial charge in [0.05, 0.1) is 24.1 Å². The normalized spacial score (nSPS) is 15.6. The van der Waals surface area contributed by atoms with E-state index >= 15 is 0 Å². The van der Waals surface area contributed by atoms with Gasteiger partial charge in [0.1, 0.15) is 18.0 Å². The summed E-state index contributed by atoms with van der Waals surface area (Å²) in [5.74, 6) is 1.97. The topological polar surface area (TPSA) is 88.7 Å². The highest BCUT2D eigenvalue weighted by atomic mass is 15.3. The van der Waals surface area contributed by atoms with Crippen LogP contribution in [0.4, 0.5) is 5.69 Å². The maximum absolute atomic E-state index is 5.78. The first kappa shape index (κ1) is 11.4. The van der Waals surface area contributed by atoms with Gasteiger partial charge in [0.15, 0.2) is 0 Å². The van der Waals surface area contributed by atoms with Gasteiger partial charge in [0.2, 0.25) is 0 Å². The molecule has 102 valence electrons. The maximum atomic E-state index is 5.78. The highest BCUT2D eigenvalue weighted by Crippen LogP contribution is 2.17. The zero-order valence-electron chi connectivity index (χ0n) is 11.0. The van der Waals surface area contributed by atoms with E-state index in [4.69, 9.17) is 5.73 Å². The molecule has 1 aliphatic rings. The average Bonchev–Trinajstić information content (AvgIpc) is 3.03. The molecular weight excluding hydrogens is 254 g/mol.